The molecule has 0 aromatic heterocycles. The van der Waals surface area contributed by atoms with E-state index in [0.717, 1.165) is 16.8 Å². The smallest absolute Gasteiger partial charge is 0.243 e. The van der Waals surface area contributed by atoms with E-state index in [1.165, 1.54) is 12.7 Å². The number of hydrogen-bond acceptors (Lipinski definition) is 3. The van der Waals surface area contributed by atoms with Crippen molar-refractivity contribution in [1.29, 1.82) is 0 Å². The summed E-state index contributed by atoms with van der Waals surface area (Å²) in [5.41, 5.74) is 9.77. The zero-order chi connectivity index (χ0) is 13.0. The van der Waals surface area contributed by atoms with E-state index in [2.05, 4.69) is 5.32 Å². The van der Waals surface area contributed by atoms with Crippen molar-refractivity contribution in [1.82, 2.24) is 0 Å². The minimum atomic E-state index is -0.639. The van der Waals surface area contributed by atoms with Crippen LogP contribution in [-0.4, -0.2) is 25.7 Å². The van der Waals surface area contributed by atoms with Gasteiger partial charge < -0.3 is 15.8 Å². The standard InChI is InChI=1S/C13H20N2O2.ClH/c1-8-5-9(2)12(10(3)6-8)15-13(16)11(14)7-17-4;/h5-6,11H,7,14H2,1-4H3,(H,15,16);1H. The first-order valence-electron chi connectivity index (χ1n) is 5.59. The molecule has 18 heavy (non-hydrogen) atoms. The topological polar surface area (TPSA) is 64.3 Å². The molecule has 0 aliphatic rings. The van der Waals surface area contributed by atoms with Crippen molar-refractivity contribution >= 4 is 24.0 Å². The van der Waals surface area contributed by atoms with Crippen LogP contribution in [0.25, 0.3) is 0 Å². The molecule has 102 valence electrons. The Bertz CT molecular complexity index is 398. The Balaban J connectivity index is 0.00000289. The summed E-state index contributed by atoms with van der Waals surface area (Å²) in [6.45, 7) is 6.19. The fourth-order valence-corrected chi connectivity index (χ4v) is 1.85. The average Bonchev–Trinajstić information content (AvgIpc) is 2.23. The third kappa shape index (κ3) is 4.29. The average molecular weight is 273 g/mol. The van der Waals surface area contributed by atoms with Gasteiger partial charge in [0, 0.05) is 12.8 Å². The minimum Gasteiger partial charge on any atom is -0.383 e. The number of aryl methyl sites for hydroxylation is 3. The highest BCUT2D eigenvalue weighted by atomic mass is 35.5. The highest BCUT2D eigenvalue weighted by molar-refractivity contribution is 5.96. The van der Waals surface area contributed by atoms with Crippen LogP contribution in [0, 0.1) is 20.8 Å². The second kappa shape index (κ2) is 7.36. The third-order valence-corrected chi connectivity index (χ3v) is 2.61. The first-order valence-corrected chi connectivity index (χ1v) is 5.59. The van der Waals surface area contributed by atoms with Gasteiger partial charge >= 0.3 is 0 Å². The van der Waals surface area contributed by atoms with Crippen LogP contribution in [0.15, 0.2) is 12.1 Å². The molecule has 1 aromatic carbocycles. The second-order valence-electron chi connectivity index (χ2n) is 4.32. The highest BCUT2D eigenvalue weighted by Gasteiger charge is 2.15. The Morgan fingerprint density at radius 3 is 2.28 bits per heavy atom. The second-order valence-corrected chi connectivity index (χ2v) is 4.32. The van der Waals surface area contributed by atoms with Gasteiger partial charge in [0.15, 0.2) is 0 Å². The zero-order valence-corrected chi connectivity index (χ0v) is 12.1. The Labute approximate surface area is 114 Å². The molecule has 3 N–H and O–H groups in total. The molecule has 5 heteroatoms. The Morgan fingerprint density at radius 1 is 1.33 bits per heavy atom. The van der Waals surface area contributed by atoms with Crippen LogP contribution in [0.5, 0.6) is 0 Å². The van der Waals surface area contributed by atoms with E-state index in [-0.39, 0.29) is 24.9 Å². The number of ether oxygens (including phenoxy) is 1. The summed E-state index contributed by atoms with van der Waals surface area (Å²) in [4.78, 5) is 11.8. The molecule has 1 amide bonds. The summed E-state index contributed by atoms with van der Waals surface area (Å²) in [5.74, 6) is -0.220. The van der Waals surface area contributed by atoms with Gasteiger partial charge in [-0.15, -0.1) is 12.4 Å². The van der Waals surface area contributed by atoms with Crippen LogP contribution in [0.1, 0.15) is 16.7 Å². The van der Waals surface area contributed by atoms with Gasteiger partial charge in [0.05, 0.1) is 6.61 Å². The largest absolute Gasteiger partial charge is 0.383 e. The van der Waals surface area contributed by atoms with Gasteiger partial charge in [0.1, 0.15) is 6.04 Å². The predicted molar refractivity (Wildman–Crippen MR) is 76.4 cm³/mol. The molecule has 0 radical (unpaired) electrons. The molecule has 0 aliphatic carbocycles. The molecule has 1 aromatic rings. The van der Waals surface area contributed by atoms with Crippen molar-refractivity contribution in [2.75, 3.05) is 19.0 Å². The van der Waals surface area contributed by atoms with E-state index in [4.69, 9.17) is 10.5 Å². The van der Waals surface area contributed by atoms with E-state index >= 15 is 0 Å². The lowest BCUT2D eigenvalue weighted by molar-refractivity contribution is -0.118. The number of anilines is 1. The van der Waals surface area contributed by atoms with Crippen LogP contribution in [0.3, 0.4) is 0 Å². The van der Waals surface area contributed by atoms with Gasteiger partial charge in [-0.25, -0.2) is 0 Å². The van der Waals surface area contributed by atoms with Gasteiger partial charge in [0.25, 0.3) is 0 Å². The molecule has 0 heterocycles. The fraction of sp³-hybridized carbons (Fsp3) is 0.462. The van der Waals surface area contributed by atoms with Crippen molar-refractivity contribution < 1.29 is 9.53 Å². The lowest BCUT2D eigenvalue weighted by Gasteiger charge is -2.15. The molecule has 1 atom stereocenters. The minimum absolute atomic E-state index is 0. The Hall–Kier alpha value is -1.10. The molecule has 4 nitrogen and oxygen atoms in total. The summed E-state index contributed by atoms with van der Waals surface area (Å²) < 4.78 is 4.86. The summed E-state index contributed by atoms with van der Waals surface area (Å²) in [7, 11) is 1.52. The van der Waals surface area contributed by atoms with Gasteiger partial charge in [-0.3, -0.25) is 4.79 Å². The van der Waals surface area contributed by atoms with Crippen LogP contribution >= 0.6 is 12.4 Å². The molecule has 1 rings (SSSR count). The molecule has 0 saturated heterocycles. The number of hydrogen-bond donors (Lipinski definition) is 2. The molecular formula is C13H21ClN2O2. The monoisotopic (exact) mass is 272 g/mol. The number of methoxy groups -OCH3 is 1. The Kier molecular flexibility index (Phi) is 6.91. The first-order chi connectivity index (χ1) is 7.95. The molecule has 1 unspecified atom stereocenters. The summed E-state index contributed by atoms with van der Waals surface area (Å²) in [6.07, 6.45) is 0. The van der Waals surface area contributed by atoms with Crippen molar-refractivity contribution in [2.24, 2.45) is 5.73 Å². The van der Waals surface area contributed by atoms with Crippen LogP contribution < -0.4 is 11.1 Å². The summed E-state index contributed by atoms with van der Waals surface area (Å²) >= 11 is 0. The zero-order valence-electron chi connectivity index (χ0n) is 11.2. The van der Waals surface area contributed by atoms with Crippen molar-refractivity contribution in [3.05, 3.63) is 28.8 Å². The van der Waals surface area contributed by atoms with Gasteiger partial charge in [0.2, 0.25) is 5.91 Å². The van der Waals surface area contributed by atoms with Crippen LogP contribution in [-0.2, 0) is 9.53 Å². The van der Waals surface area contributed by atoms with Crippen molar-refractivity contribution in [2.45, 2.75) is 26.8 Å². The normalized spacial score (nSPS) is 11.6. The van der Waals surface area contributed by atoms with E-state index in [1.807, 2.05) is 32.9 Å². The number of carbonyl (C=O) groups is 1. The molecule has 0 saturated carbocycles. The number of benzene rings is 1. The molecular weight excluding hydrogens is 252 g/mol. The fourth-order valence-electron chi connectivity index (χ4n) is 1.85. The molecule has 0 aliphatic heterocycles. The number of carbonyl (C=O) groups excluding carboxylic acids is 1. The number of amides is 1. The van der Waals surface area contributed by atoms with E-state index in [0.29, 0.717) is 0 Å². The number of rotatable bonds is 4. The number of nitrogens with two attached hydrogens (primary N) is 1. The molecule has 0 spiro atoms. The first kappa shape index (κ1) is 16.9. The SMILES string of the molecule is COCC(N)C(=O)Nc1c(C)cc(C)cc1C.Cl. The third-order valence-electron chi connectivity index (χ3n) is 2.61. The van der Waals surface area contributed by atoms with Gasteiger partial charge in [-0.1, -0.05) is 17.7 Å². The lowest BCUT2D eigenvalue weighted by Crippen LogP contribution is -2.39. The summed E-state index contributed by atoms with van der Waals surface area (Å²) in [5, 5.41) is 2.85. The van der Waals surface area contributed by atoms with Crippen LogP contribution in [0.4, 0.5) is 5.69 Å². The maximum atomic E-state index is 11.8. The van der Waals surface area contributed by atoms with Crippen molar-refractivity contribution in [3.8, 4) is 0 Å². The lowest BCUT2D eigenvalue weighted by atomic mass is 10.0. The maximum absolute atomic E-state index is 11.8. The van der Waals surface area contributed by atoms with Crippen LogP contribution in [0.2, 0.25) is 0 Å². The predicted octanol–water partition coefficient (Wildman–Crippen LogP) is 1.95. The highest BCUT2D eigenvalue weighted by Crippen LogP contribution is 2.21. The van der Waals surface area contributed by atoms with Gasteiger partial charge in [-0.2, -0.15) is 0 Å². The quantitative estimate of drug-likeness (QED) is 0.880. The number of halogens is 1. The Morgan fingerprint density at radius 2 is 1.83 bits per heavy atom. The van der Waals surface area contributed by atoms with E-state index in [9.17, 15) is 4.79 Å². The molecule has 0 fully saturated rings. The summed E-state index contributed by atoms with van der Waals surface area (Å²) in [6, 6.07) is 3.43. The van der Waals surface area contributed by atoms with Gasteiger partial charge in [-0.05, 0) is 31.9 Å². The van der Waals surface area contributed by atoms with E-state index in [1.54, 1.807) is 0 Å². The van der Waals surface area contributed by atoms with E-state index < -0.39 is 6.04 Å². The molecule has 0 bridgehead atoms. The maximum Gasteiger partial charge on any atom is 0.243 e. The van der Waals surface area contributed by atoms with Crippen molar-refractivity contribution in [3.63, 3.8) is 0 Å². The number of nitrogens with one attached hydrogen (secondary N) is 1.